The summed E-state index contributed by atoms with van der Waals surface area (Å²) in [5, 5.41) is 9.24. The van der Waals surface area contributed by atoms with Crippen LogP contribution in [0.1, 0.15) is 13.3 Å². The van der Waals surface area contributed by atoms with Gasteiger partial charge in [0, 0.05) is 17.2 Å². The molecule has 0 atom stereocenters. The highest BCUT2D eigenvalue weighted by atomic mass is 79.9. The smallest absolute Gasteiger partial charge is 0.323 e. The second kappa shape index (κ2) is 6.06. The van der Waals surface area contributed by atoms with Gasteiger partial charge in [-0.2, -0.15) is 0 Å². The van der Waals surface area contributed by atoms with Gasteiger partial charge in [-0.3, -0.25) is 4.79 Å². The molecule has 1 aromatic heterocycles. The quantitative estimate of drug-likeness (QED) is 0.909. The van der Waals surface area contributed by atoms with E-state index in [1.165, 1.54) is 0 Å². The molecule has 16 heavy (non-hydrogen) atoms. The number of carboxylic acid groups (broad SMARTS) is 1. The standard InChI is InChI=1S/C10H12BrClN2O2/c1-2-3-14(6-9(15)16)10-8(12)4-7(11)5-13-10/h4-5H,2-3,6H2,1H3,(H,15,16). The van der Waals surface area contributed by atoms with Gasteiger partial charge in [0.2, 0.25) is 0 Å². The Labute approximate surface area is 107 Å². The average Bonchev–Trinajstić information content (AvgIpc) is 2.16. The molecular weight excluding hydrogens is 295 g/mol. The van der Waals surface area contributed by atoms with Gasteiger partial charge in [0.1, 0.15) is 12.4 Å². The summed E-state index contributed by atoms with van der Waals surface area (Å²) in [6.07, 6.45) is 2.44. The van der Waals surface area contributed by atoms with Gasteiger partial charge in [0.05, 0.1) is 5.02 Å². The summed E-state index contributed by atoms with van der Waals surface area (Å²) in [6.45, 7) is 2.49. The van der Waals surface area contributed by atoms with Crippen molar-refractivity contribution in [2.45, 2.75) is 13.3 Å². The van der Waals surface area contributed by atoms with Crippen LogP contribution in [0, 0.1) is 0 Å². The van der Waals surface area contributed by atoms with Crippen LogP contribution in [0.15, 0.2) is 16.7 Å². The number of halogens is 2. The first-order valence-corrected chi connectivity index (χ1v) is 5.99. The van der Waals surface area contributed by atoms with E-state index in [4.69, 9.17) is 16.7 Å². The van der Waals surface area contributed by atoms with E-state index in [2.05, 4.69) is 20.9 Å². The Bertz CT molecular complexity index is 387. The van der Waals surface area contributed by atoms with E-state index in [1.54, 1.807) is 17.2 Å². The predicted octanol–water partition coefficient (Wildman–Crippen LogP) is 2.80. The Kier molecular flexibility index (Phi) is 5.02. The average molecular weight is 308 g/mol. The molecule has 0 unspecified atom stereocenters. The Morgan fingerprint density at radius 1 is 1.69 bits per heavy atom. The fourth-order valence-corrected chi connectivity index (χ4v) is 2.08. The maximum Gasteiger partial charge on any atom is 0.323 e. The van der Waals surface area contributed by atoms with Crippen molar-refractivity contribution in [3.05, 3.63) is 21.8 Å². The molecule has 1 heterocycles. The molecule has 4 nitrogen and oxygen atoms in total. The molecule has 1 aromatic rings. The third-order valence-corrected chi connectivity index (χ3v) is 2.62. The minimum atomic E-state index is -0.894. The molecule has 0 amide bonds. The van der Waals surface area contributed by atoms with Crippen molar-refractivity contribution in [1.82, 2.24) is 4.98 Å². The molecule has 0 fully saturated rings. The number of nitrogens with zero attached hydrogens (tertiary/aromatic N) is 2. The molecule has 0 radical (unpaired) electrons. The number of rotatable bonds is 5. The van der Waals surface area contributed by atoms with Gasteiger partial charge in [-0.1, -0.05) is 18.5 Å². The van der Waals surface area contributed by atoms with Crippen molar-refractivity contribution >= 4 is 39.3 Å². The lowest BCUT2D eigenvalue weighted by molar-refractivity contribution is -0.135. The van der Waals surface area contributed by atoms with Gasteiger partial charge < -0.3 is 10.0 Å². The van der Waals surface area contributed by atoms with Crippen molar-refractivity contribution in [3.8, 4) is 0 Å². The number of aromatic nitrogens is 1. The summed E-state index contributed by atoms with van der Waals surface area (Å²) in [5.74, 6) is -0.386. The van der Waals surface area contributed by atoms with Crippen LogP contribution in [-0.2, 0) is 4.79 Å². The van der Waals surface area contributed by atoms with Crippen LogP contribution in [0.2, 0.25) is 5.02 Å². The van der Waals surface area contributed by atoms with E-state index < -0.39 is 5.97 Å². The molecule has 0 bridgehead atoms. The van der Waals surface area contributed by atoms with E-state index >= 15 is 0 Å². The second-order valence-electron chi connectivity index (χ2n) is 3.27. The molecular formula is C10H12BrClN2O2. The Hall–Kier alpha value is -0.810. The van der Waals surface area contributed by atoms with Crippen molar-refractivity contribution < 1.29 is 9.90 Å². The fraction of sp³-hybridized carbons (Fsp3) is 0.400. The number of hydrogen-bond donors (Lipinski definition) is 1. The SMILES string of the molecule is CCCN(CC(=O)O)c1ncc(Br)cc1Cl. The Balaban J connectivity index is 2.95. The van der Waals surface area contributed by atoms with Gasteiger partial charge in [0.25, 0.3) is 0 Å². The van der Waals surface area contributed by atoms with E-state index in [0.717, 1.165) is 10.9 Å². The first kappa shape index (κ1) is 13.3. The molecule has 0 saturated heterocycles. The third-order valence-electron chi connectivity index (χ3n) is 1.91. The van der Waals surface area contributed by atoms with Crippen LogP contribution < -0.4 is 4.90 Å². The molecule has 0 aliphatic rings. The van der Waals surface area contributed by atoms with Crippen molar-refractivity contribution in [2.75, 3.05) is 18.0 Å². The second-order valence-corrected chi connectivity index (χ2v) is 4.60. The number of carboxylic acids is 1. The molecule has 88 valence electrons. The van der Waals surface area contributed by atoms with Gasteiger partial charge in [-0.05, 0) is 28.4 Å². The van der Waals surface area contributed by atoms with Crippen LogP contribution in [0.3, 0.4) is 0 Å². The van der Waals surface area contributed by atoms with Crippen LogP contribution in [-0.4, -0.2) is 29.1 Å². The highest BCUT2D eigenvalue weighted by Crippen LogP contribution is 2.26. The zero-order valence-electron chi connectivity index (χ0n) is 8.78. The number of pyridine rings is 1. The summed E-state index contributed by atoms with van der Waals surface area (Å²) in [7, 11) is 0. The van der Waals surface area contributed by atoms with E-state index in [9.17, 15) is 4.79 Å². The summed E-state index contributed by atoms with van der Waals surface area (Å²) < 4.78 is 0.771. The van der Waals surface area contributed by atoms with E-state index in [0.29, 0.717) is 17.4 Å². The van der Waals surface area contributed by atoms with E-state index in [-0.39, 0.29) is 6.54 Å². The lowest BCUT2D eigenvalue weighted by Gasteiger charge is -2.21. The van der Waals surface area contributed by atoms with Crippen LogP contribution in [0.5, 0.6) is 0 Å². The molecule has 0 aromatic carbocycles. The number of anilines is 1. The molecule has 1 rings (SSSR count). The third kappa shape index (κ3) is 3.64. The maximum absolute atomic E-state index is 10.7. The molecule has 6 heteroatoms. The van der Waals surface area contributed by atoms with Gasteiger partial charge >= 0.3 is 5.97 Å². The zero-order valence-corrected chi connectivity index (χ0v) is 11.1. The van der Waals surface area contributed by atoms with Crippen LogP contribution in [0.25, 0.3) is 0 Å². The summed E-state index contributed by atoms with van der Waals surface area (Å²) in [6, 6.07) is 1.70. The summed E-state index contributed by atoms with van der Waals surface area (Å²) >= 11 is 9.27. The normalized spacial score (nSPS) is 10.2. The minimum absolute atomic E-state index is 0.0950. The number of aliphatic carboxylic acids is 1. The highest BCUT2D eigenvalue weighted by molar-refractivity contribution is 9.10. The Morgan fingerprint density at radius 2 is 2.38 bits per heavy atom. The Morgan fingerprint density at radius 3 is 2.88 bits per heavy atom. The number of hydrogen-bond acceptors (Lipinski definition) is 3. The molecule has 0 spiro atoms. The summed E-state index contributed by atoms with van der Waals surface area (Å²) in [4.78, 5) is 16.5. The van der Waals surface area contributed by atoms with Crippen molar-refractivity contribution in [1.29, 1.82) is 0 Å². The first-order valence-electron chi connectivity index (χ1n) is 4.82. The van der Waals surface area contributed by atoms with Crippen molar-refractivity contribution in [3.63, 3.8) is 0 Å². The van der Waals surface area contributed by atoms with Gasteiger partial charge in [0.15, 0.2) is 0 Å². The van der Waals surface area contributed by atoms with Crippen LogP contribution >= 0.6 is 27.5 Å². The maximum atomic E-state index is 10.7. The van der Waals surface area contributed by atoms with Gasteiger partial charge in [-0.15, -0.1) is 0 Å². The van der Waals surface area contributed by atoms with Gasteiger partial charge in [-0.25, -0.2) is 4.98 Å². The largest absolute Gasteiger partial charge is 0.480 e. The first-order chi connectivity index (χ1) is 7.54. The molecule has 0 saturated carbocycles. The van der Waals surface area contributed by atoms with Crippen LogP contribution in [0.4, 0.5) is 5.82 Å². The monoisotopic (exact) mass is 306 g/mol. The fourth-order valence-electron chi connectivity index (χ4n) is 1.33. The highest BCUT2D eigenvalue weighted by Gasteiger charge is 2.14. The summed E-state index contributed by atoms with van der Waals surface area (Å²) in [5.41, 5.74) is 0. The topological polar surface area (TPSA) is 53.4 Å². The zero-order chi connectivity index (χ0) is 12.1. The lowest BCUT2D eigenvalue weighted by atomic mass is 10.3. The lowest BCUT2D eigenvalue weighted by Crippen LogP contribution is -2.31. The predicted molar refractivity (Wildman–Crippen MR) is 67.1 cm³/mol. The minimum Gasteiger partial charge on any atom is -0.480 e. The van der Waals surface area contributed by atoms with E-state index in [1.807, 2.05) is 6.92 Å². The molecule has 1 N–H and O–H groups in total. The number of carbonyl (C=O) groups is 1. The molecule has 0 aliphatic carbocycles. The van der Waals surface area contributed by atoms with Crippen molar-refractivity contribution in [2.24, 2.45) is 0 Å². The molecule has 0 aliphatic heterocycles.